The Bertz CT molecular complexity index is 790. The van der Waals surface area contributed by atoms with Gasteiger partial charge in [0.05, 0.1) is 18.1 Å². The number of nitrogen functional groups attached to an aromatic ring is 1. The standard InChI is InChI=1S/C17H21N7O/c1-9-11-6-12(13-7-21-14(18)8-20-13)16(25)24(10-4-2-3-5-10)15(11)23-17(19)22-9/h6-8,10,12,17H,2-5,19H2,1H3,(H2,18,21). The summed E-state index contributed by atoms with van der Waals surface area (Å²) in [5, 5.41) is 0. The van der Waals surface area contributed by atoms with Crippen molar-refractivity contribution in [2.75, 3.05) is 5.73 Å². The minimum atomic E-state index is -0.656. The van der Waals surface area contributed by atoms with Crippen LogP contribution < -0.4 is 11.5 Å². The Balaban J connectivity index is 1.81. The molecule has 1 amide bonds. The summed E-state index contributed by atoms with van der Waals surface area (Å²) < 4.78 is 0. The maximum absolute atomic E-state index is 13.3. The Labute approximate surface area is 145 Å². The zero-order chi connectivity index (χ0) is 17.6. The van der Waals surface area contributed by atoms with Crippen LogP contribution in [0.1, 0.15) is 44.2 Å². The van der Waals surface area contributed by atoms with Gasteiger partial charge in [0.15, 0.2) is 6.29 Å². The number of nitrogens with two attached hydrogens (primary N) is 2. The van der Waals surface area contributed by atoms with Crippen LogP contribution in [0.2, 0.25) is 0 Å². The highest BCUT2D eigenvalue weighted by molar-refractivity contribution is 6.29. The number of fused-ring (bicyclic) bond motifs is 1. The molecule has 1 aliphatic carbocycles. The van der Waals surface area contributed by atoms with Crippen LogP contribution in [0.15, 0.2) is 34.0 Å². The number of rotatable bonds is 2. The molecule has 1 aromatic heterocycles. The highest BCUT2D eigenvalue weighted by Gasteiger charge is 2.41. The van der Waals surface area contributed by atoms with Crippen molar-refractivity contribution in [3.05, 3.63) is 29.7 Å². The van der Waals surface area contributed by atoms with E-state index in [1.807, 2.05) is 17.9 Å². The molecule has 0 spiro atoms. The molecule has 4 N–H and O–H groups in total. The van der Waals surface area contributed by atoms with Gasteiger partial charge in [0.2, 0.25) is 5.91 Å². The Morgan fingerprint density at radius 2 is 1.92 bits per heavy atom. The maximum Gasteiger partial charge on any atom is 0.241 e. The fourth-order valence-electron chi connectivity index (χ4n) is 3.77. The molecule has 0 radical (unpaired) electrons. The van der Waals surface area contributed by atoms with Crippen molar-refractivity contribution < 1.29 is 4.79 Å². The second-order valence-electron chi connectivity index (χ2n) is 6.65. The van der Waals surface area contributed by atoms with Crippen LogP contribution in [-0.2, 0) is 4.79 Å². The predicted molar refractivity (Wildman–Crippen MR) is 94.9 cm³/mol. The van der Waals surface area contributed by atoms with E-state index in [-0.39, 0.29) is 11.9 Å². The molecule has 0 bridgehead atoms. The van der Waals surface area contributed by atoms with Crippen molar-refractivity contribution in [2.45, 2.75) is 50.9 Å². The molecule has 2 atom stereocenters. The number of nitrogens with zero attached hydrogens (tertiary/aromatic N) is 5. The van der Waals surface area contributed by atoms with Crippen LogP contribution in [0.3, 0.4) is 0 Å². The highest BCUT2D eigenvalue weighted by Crippen LogP contribution is 2.34. The van der Waals surface area contributed by atoms with Crippen LogP contribution in [0, 0.1) is 0 Å². The summed E-state index contributed by atoms with van der Waals surface area (Å²) in [5.74, 6) is 0.435. The average Bonchev–Trinajstić information content (AvgIpc) is 3.09. The third-order valence-corrected chi connectivity index (χ3v) is 4.98. The second-order valence-corrected chi connectivity index (χ2v) is 6.65. The van der Waals surface area contributed by atoms with Gasteiger partial charge < -0.3 is 5.73 Å². The van der Waals surface area contributed by atoms with E-state index in [9.17, 15) is 4.79 Å². The maximum atomic E-state index is 13.3. The average molecular weight is 339 g/mol. The van der Waals surface area contributed by atoms with Gasteiger partial charge in [0.1, 0.15) is 17.6 Å². The van der Waals surface area contributed by atoms with Gasteiger partial charge in [0, 0.05) is 17.3 Å². The minimum Gasteiger partial charge on any atom is -0.382 e. The number of hydrogen-bond acceptors (Lipinski definition) is 7. The summed E-state index contributed by atoms with van der Waals surface area (Å²) in [6.07, 6.45) is 8.44. The predicted octanol–water partition coefficient (Wildman–Crippen LogP) is 0.969. The zero-order valence-corrected chi connectivity index (χ0v) is 14.1. The van der Waals surface area contributed by atoms with E-state index in [2.05, 4.69) is 20.0 Å². The summed E-state index contributed by atoms with van der Waals surface area (Å²) >= 11 is 0. The Morgan fingerprint density at radius 3 is 2.60 bits per heavy atom. The molecule has 0 aromatic carbocycles. The number of carbonyl (C=O) groups is 1. The molecule has 3 heterocycles. The van der Waals surface area contributed by atoms with Crippen LogP contribution in [0.4, 0.5) is 5.82 Å². The van der Waals surface area contributed by atoms with Crippen molar-refractivity contribution in [3.63, 3.8) is 0 Å². The van der Waals surface area contributed by atoms with Crippen molar-refractivity contribution in [2.24, 2.45) is 15.7 Å². The summed E-state index contributed by atoms with van der Waals surface area (Å²) in [5.41, 5.74) is 13.8. The van der Waals surface area contributed by atoms with Gasteiger partial charge in [-0.25, -0.2) is 15.0 Å². The molecule has 0 saturated heterocycles. The number of carbonyl (C=O) groups excluding carboxylic acids is 1. The lowest BCUT2D eigenvalue weighted by atomic mass is 9.91. The third kappa shape index (κ3) is 2.72. The Morgan fingerprint density at radius 1 is 1.16 bits per heavy atom. The van der Waals surface area contributed by atoms with Gasteiger partial charge in [0.25, 0.3) is 0 Å². The highest BCUT2D eigenvalue weighted by atomic mass is 16.2. The lowest BCUT2D eigenvalue weighted by molar-refractivity contribution is -0.129. The van der Waals surface area contributed by atoms with Gasteiger partial charge in [-0.05, 0) is 19.8 Å². The number of anilines is 1. The normalized spacial score (nSPS) is 26.9. The molecule has 8 heteroatoms. The molecule has 1 saturated carbocycles. The number of amides is 1. The zero-order valence-electron chi connectivity index (χ0n) is 14.1. The third-order valence-electron chi connectivity index (χ3n) is 4.98. The largest absolute Gasteiger partial charge is 0.382 e. The van der Waals surface area contributed by atoms with Crippen molar-refractivity contribution >= 4 is 23.3 Å². The minimum absolute atomic E-state index is 0.0321. The van der Waals surface area contributed by atoms with Gasteiger partial charge in [-0.3, -0.25) is 20.4 Å². The first-order chi connectivity index (χ1) is 12.0. The Kier molecular flexibility index (Phi) is 3.84. The van der Waals surface area contributed by atoms with Gasteiger partial charge >= 0.3 is 0 Å². The molecule has 1 aromatic rings. The van der Waals surface area contributed by atoms with Crippen LogP contribution in [0.5, 0.6) is 0 Å². The van der Waals surface area contributed by atoms with E-state index in [0.29, 0.717) is 17.3 Å². The lowest BCUT2D eigenvalue weighted by Gasteiger charge is -2.38. The fraction of sp³-hybridized carbons (Fsp3) is 0.471. The molecule has 3 aliphatic rings. The summed E-state index contributed by atoms with van der Waals surface area (Å²) in [6, 6.07) is 0.150. The number of hydrogen-bond donors (Lipinski definition) is 2. The van der Waals surface area contributed by atoms with E-state index < -0.39 is 12.2 Å². The number of aromatic nitrogens is 2. The molecule has 25 heavy (non-hydrogen) atoms. The number of aliphatic imine (C=N–C) groups is 2. The molecular formula is C17H21N7O. The molecule has 2 unspecified atom stereocenters. The van der Waals surface area contributed by atoms with Gasteiger partial charge in [-0.15, -0.1) is 0 Å². The van der Waals surface area contributed by atoms with E-state index >= 15 is 0 Å². The summed E-state index contributed by atoms with van der Waals surface area (Å²) in [4.78, 5) is 32.3. The molecule has 8 nitrogen and oxygen atoms in total. The first-order valence-electron chi connectivity index (χ1n) is 8.55. The topological polar surface area (TPSA) is 123 Å². The lowest BCUT2D eigenvalue weighted by Crippen LogP contribution is -2.51. The fourth-order valence-corrected chi connectivity index (χ4v) is 3.77. The summed E-state index contributed by atoms with van der Waals surface area (Å²) in [7, 11) is 0. The van der Waals surface area contributed by atoms with Crippen molar-refractivity contribution in [3.8, 4) is 0 Å². The van der Waals surface area contributed by atoms with Crippen LogP contribution in [0.25, 0.3) is 0 Å². The SMILES string of the molecule is CC1=NC(N)N=C2C1=CC(c1cnc(N)cn1)C(=O)N2C1CCCC1. The van der Waals surface area contributed by atoms with E-state index in [1.54, 1.807) is 6.20 Å². The Hall–Kier alpha value is -2.61. The van der Waals surface area contributed by atoms with E-state index in [1.165, 1.54) is 6.20 Å². The molecule has 1 fully saturated rings. The van der Waals surface area contributed by atoms with Gasteiger partial charge in [-0.2, -0.15) is 0 Å². The van der Waals surface area contributed by atoms with Gasteiger partial charge in [-0.1, -0.05) is 18.9 Å². The second kappa shape index (κ2) is 6.03. The van der Waals surface area contributed by atoms with E-state index in [0.717, 1.165) is 37.0 Å². The van der Waals surface area contributed by atoms with Crippen LogP contribution in [-0.4, -0.2) is 44.7 Å². The van der Waals surface area contributed by atoms with E-state index in [4.69, 9.17) is 11.5 Å². The monoisotopic (exact) mass is 339 g/mol. The first-order valence-corrected chi connectivity index (χ1v) is 8.55. The molecule has 130 valence electrons. The van der Waals surface area contributed by atoms with Crippen LogP contribution >= 0.6 is 0 Å². The smallest absolute Gasteiger partial charge is 0.241 e. The number of amidine groups is 1. The van der Waals surface area contributed by atoms with Crippen molar-refractivity contribution in [1.82, 2.24) is 14.9 Å². The molecule has 2 aliphatic heterocycles. The van der Waals surface area contributed by atoms with Crippen molar-refractivity contribution in [1.29, 1.82) is 0 Å². The summed E-state index contributed by atoms with van der Waals surface area (Å²) in [6.45, 7) is 1.90. The quantitative estimate of drug-likeness (QED) is 0.831. The molecular weight excluding hydrogens is 318 g/mol. The molecule has 4 rings (SSSR count). The first kappa shape index (κ1) is 15.9.